The van der Waals surface area contributed by atoms with E-state index in [4.69, 9.17) is 11.2 Å². The smallest absolute Gasteiger partial charge is 0.319 e. The number of ether oxygens (including phenoxy) is 1. The number of terminal acetylenes is 1. The van der Waals surface area contributed by atoms with E-state index >= 15 is 8.78 Å². The summed E-state index contributed by atoms with van der Waals surface area (Å²) in [5.74, 6) is -0.666. The maximum absolute atomic E-state index is 16.8. The van der Waals surface area contributed by atoms with Crippen LogP contribution in [0.5, 0.6) is 11.8 Å². The summed E-state index contributed by atoms with van der Waals surface area (Å²) >= 11 is 0. The summed E-state index contributed by atoms with van der Waals surface area (Å²) in [5.41, 5.74) is -2.74. The van der Waals surface area contributed by atoms with Gasteiger partial charge in [0.2, 0.25) is 0 Å². The second-order valence-electron chi connectivity index (χ2n) is 12.8. The molecule has 0 saturated carbocycles. The molecule has 11 heteroatoms. The molecule has 3 aromatic carbocycles. The van der Waals surface area contributed by atoms with E-state index < -0.39 is 40.3 Å². The van der Waals surface area contributed by atoms with Gasteiger partial charge >= 0.3 is 6.01 Å². The van der Waals surface area contributed by atoms with Gasteiger partial charge in [-0.3, -0.25) is 4.90 Å². The molecule has 7 rings (SSSR count). The van der Waals surface area contributed by atoms with Crippen molar-refractivity contribution in [2.75, 3.05) is 37.7 Å². The highest BCUT2D eigenvalue weighted by Gasteiger charge is 2.49. The number of anilines is 1. The lowest BCUT2D eigenvalue weighted by molar-refractivity contribution is 0.0447. The van der Waals surface area contributed by atoms with Gasteiger partial charge in [-0.05, 0) is 68.8 Å². The van der Waals surface area contributed by atoms with Gasteiger partial charge in [0.1, 0.15) is 41.5 Å². The first-order valence-electron chi connectivity index (χ1n) is 15.1. The predicted octanol–water partition coefficient (Wildman–Crippen LogP) is 5.86. The molecule has 0 unspecified atom stereocenters. The normalized spacial score (nSPS) is 25.2. The number of phenols is 1. The zero-order valence-corrected chi connectivity index (χ0v) is 24.7. The van der Waals surface area contributed by atoms with Gasteiger partial charge in [-0.25, -0.2) is 17.6 Å². The summed E-state index contributed by atoms with van der Waals surface area (Å²) in [4.78, 5) is 12.8. The fourth-order valence-electron chi connectivity index (χ4n) is 7.52. The average molecular weight is 621 g/mol. The van der Waals surface area contributed by atoms with Gasteiger partial charge in [0, 0.05) is 42.4 Å². The van der Waals surface area contributed by atoms with Crippen molar-refractivity contribution in [2.24, 2.45) is 0 Å². The SMILES string of the molecule is C#Cc1c(F)ccc2cc(O)cc(-c3c(F)cc4c(N5CCC[C@@](C)(O)C5)nc(OC[C@@]56CCCN5C[C@H](F)C6)nc4c3F)c12. The Morgan fingerprint density at radius 1 is 1.09 bits per heavy atom. The number of alkyl halides is 1. The Bertz CT molecular complexity index is 1890. The summed E-state index contributed by atoms with van der Waals surface area (Å²) in [5, 5.41) is 21.7. The number of fused-ring (bicyclic) bond motifs is 3. The number of hydrogen-bond acceptors (Lipinski definition) is 7. The third-order valence-corrected chi connectivity index (χ3v) is 9.51. The van der Waals surface area contributed by atoms with Crippen molar-refractivity contribution >= 4 is 27.5 Å². The zero-order valence-electron chi connectivity index (χ0n) is 24.7. The van der Waals surface area contributed by atoms with E-state index in [1.165, 1.54) is 12.1 Å². The monoisotopic (exact) mass is 620 g/mol. The van der Waals surface area contributed by atoms with E-state index in [-0.39, 0.29) is 58.1 Å². The highest BCUT2D eigenvalue weighted by molar-refractivity contribution is 6.04. The first-order chi connectivity index (χ1) is 21.5. The van der Waals surface area contributed by atoms with E-state index in [9.17, 15) is 19.0 Å². The molecule has 3 atom stereocenters. The van der Waals surface area contributed by atoms with Crippen LogP contribution in [0.4, 0.5) is 23.4 Å². The summed E-state index contributed by atoms with van der Waals surface area (Å²) in [6.07, 6.45) is 7.75. The molecule has 3 fully saturated rings. The van der Waals surface area contributed by atoms with Crippen LogP contribution in [0, 0.1) is 29.8 Å². The van der Waals surface area contributed by atoms with E-state index in [0.717, 1.165) is 37.6 Å². The lowest BCUT2D eigenvalue weighted by Gasteiger charge is -2.38. The number of halogens is 4. The van der Waals surface area contributed by atoms with E-state index in [1.807, 2.05) is 0 Å². The van der Waals surface area contributed by atoms with Crippen LogP contribution in [-0.4, -0.2) is 75.2 Å². The van der Waals surface area contributed by atoms with Gasteiger partial charge in [-0.2, -0.15) is 9.97 Å². The number of nitrogens with zero attached hydrogens (tertiary/aromatic N) is 4. The van der Waals surface area contributed by atoms with E-state index in [2.05, 4.69) is 20.8 Å². The standard InChI is InChI=1S/C34H32F4N4O3/c1-3-22-25(36)7-6-19-12-21(43)13-23(27(19)22)28-26(37)14-24-30(29(28)38)39-32(40-31(24)41-10-4-8-33(2,44)17-41)45-18-34-9-5-11-42(34)16-20(35)15-34/h1,6-7,12-14,20,43-44H,4-5,8-11,15-18H2,2H3/t20-,33-,34+/m1/s1. The molecule has 3 saturated heterocycles. The van der Waals surface area contributed by atoms with Gasteiger partial charge in [-0.1, -0.05) is 12.0 Å². The number of β-amino-alcohol motifs (C(OH)–C–C–N with tert-alkyl or cyclic N) is 1. The van der Waals surface area contributed by atoms with Gasteiger partial charge in [0.25, 0.3) is 0 Å². The lowest BCUT2D eigenvalue weighted by Crippen LogP contribution is -2.46. The topological polar surface area (TPSA) is 82.0 Å². The Morgan fingerprint density at radius 2 is 1.89 bits per heavy atom. The maximum Gasteiger partial charge on any atom is 0.319 e. The van der Waals surface area contributed by atoms with Crippen molar-refractivity contribution in [3.05, 3.63) is 53.3 Å². The lowest BCUT2D eigenvalue weighted by atomic mass is 9.92. The number of piperidine rings is 1. The maximum atomic E-state index is 16.8. The number of aromatic hydroxyl groups is 1. The molecule has 3 aliphatic rings. The predicted molar refractivity (Wildman–Crippen MR) is 163 cm³/mol. The Labute approximate surface area is 257 Å². The molecule has 0 aliphatic carbocycles. The molecule has 4 heterocycles. The average Bonchev–Trinajstić information content (AvgIpc) is 3.51. The number of benzene rings is 3. The van der Waals surface area contributed by atoms with Crippen molar-refractivity contribution in [1.29, 1.82) is 0 Å². The van der Waals surface area contributed by atoms with Crippen LogP contribution in [0.1, 0.15) is 44.6 Å². The Kier molecular flexibility index (Phi) is 7.06. The highest BCUT2D eigenvalue weighted by Crippen LogP contribution is 2.43. The van der Waals surface area contributed by atoms with Crippen LogP contribution in [0.15, 0.2) is 30.3 Å². The third kappa shape index (κ3) is 5.00. The molecule has 0 radical (unpaired) electrons. The first-order valence-corrected chi connectivity index (χ1v) is 15.1. The van der Waals surface area contributed by atoms with Gasteiger partial charge in [0.15, 0.2) is 5.82 Å². The van der Waals surface area contributed by atoms with Crippen molar-refractivity contribution in [3.63, 3.8) is 0 Å². The molecule has 1 aromatic heterocycles. The summed E-state index contributed by atoms with van der Waals surface area (Å²) in [6.45, 7) is 3.49. The van der Waals surface area contributed by atoms with Crippen molar-refractivity contribution in [3.8, 4) is 35.2 Å². The Balaban J connectivity index is 1.42. The second-order valence-corrected chi connectivity index (χ2v) is 12.8. The minimum absolute atomic E-state index is 0.0527. The van der Waals surface area contributed by atoms with Gasteiger partial charge < -0.3 is 19.8 Å². The van der Waals surface area contributed by atoms with Crippen LogP contribution in [-0.2, 0) is 0 Å². The first kappa shape index (κ1) is 29.6. The molecular weight excluding hydrogens is 588 g/mol. The minimum atomic E-state index is -1.08. The number of phenolic OH excluding ortho intramolecular Hbond substituents is 1. The van der Waals surface area contributed by atoms with Crippen molar-refractivity contribution in [1.82, 2.24) is 14.9 Å². The number of rotatable bonds is 5. The molecule has 0 bridgehead atoms. The van der Waals surface area contributed by atoms with Crippen molar-refractivity contribution in [2.45, 2.75) is 56.3 Å². The second kappa shape index (κ2) is 10.7. The molecule has 45 heavy (non-hydrogen) atoms. The van der Waals surface area contributed by atoms with E-state index in [1.54, 1.807) is 11.8 Å². The molecule has 0 spiro atoms. The van der Waals surface area contributed by atoms with Crippen LogP contribution < -0.4 is 9.64 Å². The molecule has 0 amide bonds. The highest BCUT2D eigenvalue weighted by atomic mass is 19.1. The molecule has 7 nitrogen and oxygen atoms in total. The largest absolute Gasteiger partial charge is 0.508 e. The van der Waals surface area contributed by atoms with Gasteiger partial charge in [-0.15, -0.1) is 6.42 Å². The quantitative estimate of drug-likeness (QED) is 0.214. The number of aromatic nitrogens is 2. The number of hydrogen-bond donors (Lipinski definition) is 2. The summed E-state index contributed by atoms with van der Waals surface area (Å²) < 4.78 is 68.2. The number of aliphatic hydroxyl groups is 1. The Morgan fingerprint density at radius 3 is 2.67 bits per heavy atom. The molecular formula is C34H32F4N4O3. The van der Waals surface area contributed by atoms with Crippen LogP contribution >= 0.6 is 0 Å². The molecule has 4 aromatic rings. The van der Waals surface area contributed by atoms with Crippen LogP contribution in [0.3, 0.4) is 0 Å². The molecule has 234 valence electrons. The summed E-state index contributed by atoms with van der Waals surface area (Å²) in [6, 6.07) is 5.91. The third-order valence-electron chi connectivity index (χ3n) is 9.51. The molecule has 2 N–H and O–H groups in total. The molecule has 3 aliphatic heterocycles. The van der Waals surface area contributed by atoms with E-state index in [0.29, 0.717) is 37.7 Å². The van der Waals surface area contributed by atoms with Crippen LogP contribution in [0.2, 0.25) is 0 Å². The zero-order chi connectivity index (χ0) is 31.7. The minimum Gasteiger partial charge on any atom is -0.508 e. The van der Waals surface area contributed by atoms with Gasteiger partial charge in [0.05, 0.1) is 22.3 Å². The fourth-order valence-corrected chi connectivity index (χ4v) is 7.52. The fraction of sp³-hybridized carbons (Fsp3) is 0.412. The summed E-state index contributed by atoms with van der Waals surface area (Å²) in [7, 11) is 0. The van der Waals surface area contributed by atoms with Crippen molar-refractivity contribution < 1.29 is 32.5 Å². The van der Waals surface area contributed by atoms with Crippen LogP contribution in [0.25, 0.3) is 32.8 Å². The Hall–Kier alpha value is -4.14.